The van der Waals surface area contributed by atoms with Crippen molar-refractivity contribution in [3.63, 3.8) is 0 Å². The molecule has 0 aliphatic carbocycles. The van der Waals surface area contributed by atoms with Crippen LogP contribution in [0.15, 0.2) is 46.0 Å². The van der Waals surface area contributed by atoms with Crippen LogP contribution in [0.5, 0.6) is 0 Å². The van der Waals surface area contributed by atoms with Crippen LogP contribution in [0.25, 0.3) is 5.57 Å². The lowest BCUT2D eigenvalue weighted by Crippen LogP contribution is -2.27. The van der Waals surface area contributed by atoms with Crippen LogP contribution in [0.3, 0.4) is 0 Å². The standard InChI is InChI=1S/C17H18N2O6S2/c1-17(2,3)25-16(22)19-15-18-13(9-26-15)12(14(20)21)10-27(23,24)11-7-5-4-6-8-11/h4-10H,1-3H3,(H,20,21)(H,18,19,22). The van der Waals surface area contributed by atoms with Crippen molar-refractivity contribution in [3.05, 3.63) is 46.8 Å². The lowest BCUT2D eigenvalue weighted by Gasteiger charge is -2.18. The van der Waals surface area contributed by atoms with Gasteiger partial charge in [0.15, 0.2) is 5.13 Å². The molecule has 2 rings (SSSR count). The van der Waals surface area contributed by atoms with Crippen molar-refractivity contribution in [3.8, 4) is 0 Å². The number of rotatable bonds is 5. The van der Waals surface area contributed by atoms with E-state index in [0.29, 0.717) is 5.41 Å². The van der Waals surface area contributed by atoms with E-state index in [-0.39, 0.29) is 15.7 Å². The average molecular weight is 410 g/mol. The van der Waals surface area contributed by atoms with Gasteiger partial charge in [0.1, 0.15) is 5.60 Å². The molecular weight excluding hydrogens is 392 g/mol. The first-order valence-corrected chi connectivity index (χ1v) is 10.1. The predicted octanol–water partition coefficient (Wildman–Crippen LogP) is 3.39. The number of nitrogens with one attached hydrogen (secondary N) is 1. The number of sulfone groups is 1. The molecule has 8 nitrogen and oxygen atoms in total. The maximum absolute atomic E-state index is 12.4. The number of carbonyl (C=O) groups is 2. The van der Waals surface area contributed by atoms with Crippen molar-refractivity contribution < 1.29 is 27.9 Å². The van der Waals surface area contributed by atoms with Crippen molar-refractivity contribution in [2.24, 2.45) is 0 Å². The number of carboxylic acid groups (broad SMARTS) is 1. The molecule has 1 heterocycles. The van der Waals surface area contributed by atoms with E-state index in [1.165, 1.54) is 29.6 Å². The number of amides is 1. The summed E-state index contributed by atoms with van der Waals surface area (Å²) in [6.07, 6.45) is -0.749. The van der Waals surface area contributed by atoms with Gasteiger partial charge < -0.3 is 9.84 Å². The fourth-order valence-corrected chi connectivity index (χ4v) is 3.80. The summed E-state index contributed by atoms with van der Waals surface area (Å²) < 4.78 is 29.9. The fraction of sp³-hybridized carbons (Fsp3) is 0.235. The molecule has 1 aromatic heterocycles. The van der Waals surface area contributed by atoms with E-state index in [9.17, 15) is 23.1 Å². The molecule has 2 aromatic rings. The van der Waals surface area contributed by atoms with Gasteiger partial charge in [-0.25, -0.2) is 23.0 Å². The van der Waals surface area contributed by atoms with E-state index >= 15 is 0 Å². The van der Waals surface area contributed by atoms with Crippen LogP contribution in [0.4, 0.5) is 9.93 Å². The molecule has 0 bridgehead atoms. The minimum absolute atomic E-state index is 0.0360. The molecule has 1 aromatic carbocycles. The Balaban J connectivity index is 2.30. The summed E-state index contributed by atoms with van der Waals surface area (Å²) in [6, 6.07) is 7.44. The fourth-order valence-electron chi connectivity index (χ4n) is 1.90. The number of carbonyl (C=O) groups excluding carboxylic acids is 1. The van der Waals surface area contributed by atoms with Gasteiger partial charge in [0.05, 0.1) is 21.6 Å². The highest BCUT2D eigenvalue weighted by molar-refractivity contribution is 7.94. The maximum Gasteiger partial charge on any atom is 0.413 e. The van der Waals surface area contributed by atoms with Crippen LogP contribution in [0, 0.1) is 0 Å². The number of aromatic nitrogens is 1. The normalized spacial score (nSPS) is 12.5. The van der Waals surface area contributed by atoms with Crippen molar-refractivity contribution in [2.75, 3.05) is 5.32 Å². The molecule has 0 saturated carbocycles. The summed E-state index contributed by atoms with van der Waals surface area (Å²) >= 11 is 0.949. The maximum atomic E-state index is 12.4. The van der Waals surface area contributed by atoms with Crippen molar-refractivity contribution in [1.82, 2.24) is 4.98 Å². The Kier molecular flexibility index (Phi) is 6.01. The Morgan fingerprint density at radius 3 is 2.41 bits per heavy atom. The number of carboxylic acids is 1. The third-order valence-corrected chi connectivity index (χ3v) is 5.20. The average Bonchev–Trinajstić information content (AvgIpc) is 2.99. The van der Waals surface area contributed by atoms with E-state index in [0.717, 1.165) is 11.3 Å². The molecule has 0 atom stereocenters. The molecule has 0 unspecified atom stereocenters. The third-order valence-electron chi connectivity index (χ3n) is 2.96. The zero-order valence-corrected chi connectivity index (χ0v) is 16.4. The number of ether oxygens (including phenoxy) is 1. The summed E-state index contributed by atoms with van der Waals surface area (Å²) in [6.45, 7) is 5.08. The lowest BCUT2D eigenvalue weighted by atomic mass is 10.2. The Bertz CT molecular complexity index is 972. The predicted molar refractivity (Wildman–Crippen MR) is 101 cm³/mol. The number of anilines is 1. The van der Waals surface area contributed by atoms with E-state index in [1.807, 2.05) is 0 Å². The van der Waals surface area contributed by atoms with Gasteiger partial charge in [-0.15, -0.1) is 11.3 Å². The number of nitrogens with zero attached hydrogens (tertiary/aromatic N) is 1. The lowest BCUT2D eigenvalue weighted by molar-refractivity contribution is -0.130. The van der Waals surface area contributed by atoms with Crippen molar-refractivity contribution >= 4 is 43.9 Å². The molecule has 27 heavy (non-hydrogen) atoms. The van der Waals surface area contributed by atoms with E-state index in [2.05, 4.69) is 10.3 Å². The summed E-state index contributed by atoms with van der Waals surface area (Å²) in [7, 11) is -3.98. The highest BCUT2D eigenvalue weighted by atomic mass is 32.2. The van der Waals surface area contributed by atoms with Gasteiger partial charge in [-0.3, -0.25) is 5.32 Å². The third kappa shape index (κ3) is 5.90. The monoisotopic (exact) mass is 410 g/mol. The smallest absolute Gasteiger partial charge is 0.413 e. The van der Waals surface area contributed by atoms with Crippen LogP contribution in [0.1, 0.15) is 26.5 Å². The zero-order valence-electron chi connectivity index (χ0n) is 14.8. The summed E-state index contributed by atoms with van der Waals surface area (Å²) in [5.74, 6) is -1.45. The first-order valence-electron chi connectivity index (χ1n) is 7.69. The quantitative estimate of drug-likeness (QED) is 0.724. The molecule has 10 heteroatoms. The number of hydrogen-bond donors (Lipinski definition) is 2. The Morgan fingerprint density at radius 1 is 1.22 bits per heavy atom. The van der Waals surface area contributed by atoms with Crippen molar-refractivity contribution in [1.29, 1.82) is 0 Å². The second-order valence-corrected chi connectivity index (χ2v) is 9.01. The molecule has 0 aliphatic heterocycles. The van der Waals surface area contributed by atoms with E-state index < -0.39 is 33.1 Å². The Morgan fingerprint density at radius 2 is 1.85 bits per heavy atom. The molecule has 0 radical (unpaired) electrons. The van der Waals surface area contributed by atoms with Crippen LogP contribution in [0.2, 0.25) is 0 Å². The number of thiazole rings is 1. The van der Waals surface area contributed by atoms with Gasteiger partial charge in [0, 0.05) is 5.38 Å². The highest BCUT2D eigenvalue weighted by Gasteiger charge is 2.22. The number of hydrogen-bond acceptors (Lipinski definition) is 7. The van der Waals surface area contributed by atoms with Gasteiger partial charge >= 0.3 is 12.1 Å². The summed E-state index contributed by atoms with van der Waals surface area (Å²) in [5, 5.41) is 13.9. The Hall–Kier alpha value is -2.72. The minimum Gasteiger partial charge on any atom is -0.478 e. The van der Waals surface area contributed by atoms with Crippen LogP contribution < -0.4 is 5.32 Å². The molecule has 0 saturated heterocycles. The van der Waals surface area contributed by atoms with Crippen LogP contribution in [-0.2, 0) is 19.4 Å². The van der Waals surface area contributed by atoms with E-state index in [4.69, 9.17) is 4.74 Å². The first-order chi connectivity index (χ1) is 12.5. The molecule has 0 spiro atoms. The molecule has 2 N–H and O–H groups in total. The van der Waals surface area contributed by atoms with Gasteiger partial charge in [0.25, 0.3) is 0 Å². The molecule has 144 valence electrons. The molecule has 1 amide bonds. The van der Waals surface area contributed by atoms with Crippen LogP contribution in [-0.4, -0.2) is 36.2 Å². The van der Waals surface area contributed by atoms with Gasteiger partial charge in [-0.1, -0.05) is 18.2 Å². The molecule has 0 fully saturated rings. The Labute approximate surface area is 160 Å². The van der Waals surface area contributed by atoms with Gasteiger partial charge in [-0.2, -0.15) is 0 Å². The SMILES string of the molecule is CC(C)(C)OC(=O)Nc1nc(C(=CS(=O)(=O)c2ccccc2)C(=O)O)cs1. The number of aliphatic carboxylic acids is 1. The van der Waals surface area contributed by atoms with Crippen LogP contribution >= 0.6 is 11.3 Å². The summed E-state index contributed by atoms with van der Waals surface area (Å²) in [4.78, 5) is 27.2. The second-order valence-electron chi connectivity index (χ2n) is 6.36. The number of benzene rings is 1. The minimum atomic E-state index is -3.98. The second kappa shape index (κ2) is 7.89. The van der Waals surface area contributed by atoms with E-state index in [1.54, 1.807) is 26.8 Å². The summed E-state index contributed by atoms with van der Waals surface area (Å²) in [5.41, 5.74) is -1.30. The van der Waals surface area contributed by atoms with Gasteiger partial charge in [0.2, 0.25) is 9.84 Å². The topological polar surface area (TPSA) is 123 Å². The van der Waals surface area contributed by atoms with Gasteiger partial charge in [-0.05, 0) is 32.9 Å². The first kappa shape index (κ1) is 20.6. The largest absolute Gasteiger partial charge is 0.478 e. The molecule has 0 aliphatic rings. The highest BCUT2D eigenvalue weighted by Crippen LogP contribution is 2.25. The zero-order chi connectivity index (χ0) is 20.2. The molecular formula is C17H18N2O6S2. The van der Waals surface area contributed by atoms with Crippen molar-refractivity contribution in [2.45, 2.75) is 31.3 Å².